The second kappa shape index (κ2) is 52.4. The first kappa shape index (κ1) is 57.9. The molecule has 0 saturated carbocycles. The average Bonchev–Trinajstić information content (AvgIpc) is 2.08. The molecule has 0 aromatic heterocycles. The Hall–Kier alpha value is 4.50. The maximum Gasteiger partial charge on any atom is 2.00 e. The summed E-state index contributed by atoms with van der Waals surface area (Å²) in [5.41, 5.74) is 0. The normalized spacial score (nSPS) is 5.56. The van der Waals surface area contributed by atoms with Crippen LogP contribution in [0.4, 0.5) is 0 Å². The molecule has 0 saturated heterocycles. The zero-order valence-electron chi connectivity index (χ0n) is 11.8. The Bertz CT molecular complexity index is 484. The third kappa shape index (κ3) is 1220. The molecule has 0 aliphatic heterocycles. The van der Waals surface area contributed by atoms with Crippen LogP contribution in [0.3, 0.4) is 0 Å². The van der Waals surface area contributed by atoms with Crippen molar-refractivity contribution >= 4 is 48.9 Å². The summed E-state index contributed by atoms with van der Waals surface area (Å²) < 4.78 is 155. The second-order valence-electron chi connectivity index (χ2n) is 1.34. The van der Waals surface area contributed by atoms with Crippen LogP contribution in [-0.2, 0) is 188 Å². The fourth-order valence-corrected chi connectivity index (χ4v) is 0. The fourth-order valence-electron chi connectivity index (χ4n) is 0. The molecule has 151 valence electrons. The Balaban J connectivity index is -0.0000000201. The zero-order chi connectivity index (χ0) is 21.5. The summed E-state index contributed by atoms with van der Waals surface area (Å²) in [5, 5.41) is 0. The summed E-state index contributed by atoms with van der Waals surface area (Å²) in [5.74, 6) is 0. The molecule has 0 heterocycles. The largest absolute Gasteiger partial charge is 2.00 e. The maximum absolute atomic E-state index is 8.60. The van der Waals surface area contributed by atoms with Crippen molar-refractivity contribution < 1.29 is 210 Å². The smallest absolute Gasteiger partial charge is 2.00 e. The average molecular weight is 1110 g/mol. The van der Waals surface area contributed by atoms with Crippen LogP contribution in [0.1, 0.15) is 0 Å². The Labute approximate surface area is 252 Å². The second-order valence-corrected chi connectivity index (χ2v) is 7.94. The molecule has 0 atom stereocenters. The van der Waals surface area contributed by atoms with E-state index in [0.29, 0.717) is 0 Å². The van der Waals surface area contributed by atoms with Gasteiger partial charge in [0.1, 0.15) is 0 Å². The van der Waals surface area contributed by atoms with Crippen LogP contribution < -0.4 is 21.7 Å². The molecule has 0 aromatic carbocycles. The van der Waals surface area contributed by atoms with E-state index in [2.05, 4.69) is 0 Å². The zero-order valence-corrected chi connectivity index (χ0v) is 33.4. The van der Waals surface area contributed by atoms with Crippen molar-refractivity contribution in [2.24, 2.45) is 0 Å². The first-order chi connectivity index (χ1) is 10.4. The molecule has 0 bridgehead atoms. The molecular formula is BaCoNb6O18Zn. The van der Waals surface area contributed by atoms with Crippen LogP contribution in [0.25, 0.3) is 0 Å². The molecule has 18 nitrogen and oxygen atoms in total. The van der Waals surface area contributed by atoms with Gasteiger partial charge in [-0.05, 0) is 0 Å². The number of hydrogen-bond acceptors (Lipinski definition) is 18. The van der Waals surface area contributed by atoms with Gasteiger partial charge in [-0.1, -0.05) is 0 Å². The van der Waals surface area contributed by atoms with Crippen molar-refractivity contribution in [2.75, 3.05) is 0 Å². The van der Waals surface area contributed by atoms with Gasteiger partial charge in [0.05, 0.1) is 0 Å². The molecule has 0 N–H and O–H groups in total. The standard InChI is InChI=1S/Ba.Co.6Nb.18O.Zn/q2*+2;;;;;;;;;;;;;;;;;;;6*-1;+2. The van der Waals surface area contributed by atoms with Gasteiger partial charge in [-0.15, -0.1) is 0 Å². The minimum Gasteiger partial charge on any atom is 2.00 e. The Kier molecular flexibility index (Phi) is 112. The topological polar surface area (TPSA) is 343 Å². The summed E-state index contributed by atoms with van der Waals surface area (Å²) >= 11 is -25.2. The minimum atomic E-state index is -4.20. The van der Waals surface area contributed by atoms with Crippen LogP contribution in [-0.4, -0.2) is 48.9 Å². The summed E-state index contributed by atoms with van der Waals surface area (Å²) in [6, 6.07) is 0. The van der Waals surface area contributed by atoms with Crippen LogP contribution >= 0.6 is 0 Å². The van der Waals surface area contributed by atoms with E-state index in [-0.39, 0.29) is 85.1 Å². The van der Waals surface area contributed by atoms with Crippen molar-refractivity contribution in [3.05, 3.63) is 0 Å². The first-order valence-electron chi connectivity index (χ1n) is 3.29. The van der Waals surface area contributed by atoms with Gasteiger partial charge in [0.15, 0.2) is 0 Å². The van der Waals surface area contributed by atoms with Crippen molar-refractivity contribution in [3.63, 3.8) is 0 Å². The molecule has 0 spiro atoms. The van der Waals surface area contributed by atoms with Gasteiger partial charge >= 0.3 is 259 Å². The van der Waals surface area contributed by atoms with E-state index in [9.17, 15) is 0 Å². The van der Waals surface area contributed by atoms with Gasteiger partial charge in [-0.25, -0.2) is 0 Å². The van der Waals surface area contributed by atoms with E-state index in [1.807, 2.05) is 0 Å². The van der Waals surface area contributed by atoms with Crippen molar-refractivity contribution in [2.45, 2.75) is 0 Å². The Morgan fingerprint density at radius 2 is 0.333 bits per heavy atom. The predicted molar refractivity (Wildman–Crippen MR) is 14.0 cm³/mol. The van der Waals surface area contributed by atoms with Gasteiger partial charge in [0.25, 0.3) is 0 Å². The molecule has 0 aliphatic rings. The molecule has 0 amide bonds. The molecule has 0 aromatic rings. The van der Waals surface area contributed by atoms with Crippen molar-refractivity contribution in [1.82, 2.24) is 0 Å². The summed E-state index contributed by atoms with van der Waals surface area (Å²) in [7, 11) is 0. The molecule has 27 heavy (non-hydrogen) atoms. The summed E-state index contributed by atoms with van der Waals surface area (Å²) in [6.45, 7) is 0. The summed E-state index contributed by atoms with van der Waals surface area (Å²) in [6.07, 6.45) is 0. The van der Waals surface area contributed by atoms with Crippen molar-refractivity contribution in [1.29, 1.82) is 0 Å². The number of hydrogen-bond donors (Lipinski definition) is 0. The molecule has 0 aliphatic carbocycles. The van der Waals surface area contributed by atoms with Crippen LogP contribution in [0.2, 0.25) is 0 Å². The fraction of sp³-hybridized carbons (Fsp3) is 0. The van der Waals surface area contributed by atoms with E-state index in [4.69, 9.17) is 60.7 Å². The van der Waals surface area contributed by atoms with Gasteiger partial charge in [-0.2, -0.15) is 0 Å². The van der Waals surface area contributed by atoms with Crippen molar-refractivity contribution in [3.8, 4) is 0 Å². The van der Waals surface area contributed by atoms with Crippen LogP contribution in [0.15, 0.2) is 0 Å². The van der Waals surface area contributed by atoms with Crippen LogP contribution in [0.5, 0.6) is 0 Å². The van der Waals surface area contributed by atoms with E-state index < -0.39 is 113 Å². The molecule has 1 radical (unpaired) electrons. The SMILES string of the molecule is [Ba+2].[Co+2].[O]=[Nb](=[O])[O-].[O]=[Nb](=[O])[O-].[O]=[Nb](=[O])[O-].[O]=[Nb](=[O])[O-].[O]=[Nb](=[O])[O-].[O]=[Nb](=[O])[O-].[Zn+2]. The van der Waals surface area contributed by atoms with E-state index in [0.717, 1.165) is 0 Å². The van der Waals surface area contributed by atoms with E-state index >= 15 is 0 Å². The number of rotatable bonds is 0. The monoisotopic (exact) mass is 1110 g/mol. The predicted octanol–water partition coefficient (Wildman–Crippen LogP) is -8.96. The van der Waals surface area contributed by atoms with E-state index in [1.54, 1.807) is 0 Å². The molecular weight excluding hydrogens is 1110 g/mol. The van der Waals surface area contributed by atoms with Gasteiger partial charge < -0.3 is 0 Å². The quantitative estimate of drug-likeness (QED) is 0.203. The maximum atomic E-state index is 8.60. The van der Waals surface area contributed by atoms with E-state index in [1.165, 1.54) is 0 Å². The molecule has 0 unspecified atom stereocenters. The molecule has 0 rings (SSSR count). The van der Waals surface area contributed by atoms with Gasteiger partial charge in [0, 0.05) is 0 Å². The van der Waals surface area contributed by atoms with Gasteiger partial charge in [0.2, 0.25) is 0 Å². The van der Waals surface area contributed by atoms with Crippen LogP contribution in [0, 0.1) is 0 Å². The summed E-state index contributed by atoms with van der Waals surface area (Å²) in [4.78, 5) is 0. The third-order valence-electron chi connectivity index (χ3n) is 0. The Morgan fingerprint density at radius 3 is 0.333 bits per heavy atom. The minimum absolute atomic E-state index is 0. The third-order valence-corrected chi connectivity index (χ3v) is 0. The molecule has 0 fully saturated rings. The first-order valence-corrected chi connectivity index (χ1v) is 19.4. The van der Waals surface area contributed by atoms with Gasteiger partial charge in [-0.3, -0.25) is 0 Å². The Morgan fingerprint density at radius 1 is 0.333 bits per heavy atom. The molecule has 27 heteroatoms.